The first-order valence-corrected chi connectivity index (χ1v) is 10.4. The topological polar surface area (TPSA) is 50.3 Å². The molecule has 1 aliphatic heterocycles. The van der Waals surface area contributed by atoms with E-state index in [0.29, 0.717) is 6.54 Å². The van der Waals surface area contributed by atoms with Gasteiger partial charge < -0.3 is 9.80 Å². The second kappa shape index (κ2) is 10.9. The number of hydrazone groups is 1. The molecular weight excluding hydrogens is 384 g/mol. The van der Waals surface area contributed by atoms with Crippen LogP contribution in [0.15, 0.2) is 65.3 Å². The highest BCUT2D eigenvalue weighted by atomic mass is 35.5. The zero-order chi connectivity index (χ0) is 20.5. The van der Waals surface area contributed by atoms with Crippen LogP contribution < -0.4 is 15.2 Å². The molecule has 0 saturated carbocycles. The molecule has 1 heterocycles. The number of amides is 1. The van der Waals surface area contributed by atoms with E-state index in [-0.39, 0.29) is 5.91 Å². The molecule has 1 saturated heterocycles. The molecule has 1 aliphatic rings. The van der Waals surface area contributed by atoms with E-state index in [1.165, 1.54) is 15.4 Å². The van der Waals surface area contributed by atoms with Crippen molar-refractivity contribution in [3.05, 3.63) is 76.3 Å². The van der Waals surface area contributed by atoms with Crippen LogP contribution in [0.25, 0.3) is 6.08 Å². The highest BCUT2D eigenvalue weighted by Crippen LogP contribution is 2.13. The molecule has 29 heavy (non-hydrogen) atoms. The Morgan fingerprint density at radius 3 is 2.41 bits per heavy atom. The number of carbonyl (C=O) groups excluding carboxylic acids is 1. The van der Waals surface area contributed by atoms with Crippen molar-refractivity contribution in [3.8, 4) is 0 Å². The molecule has 5 nitrogen and oxygen atoms in total. The zero-order valence-electron chi connectivity index (χ0n) is 16.8. The molecular formula is C23H29ClN4O+2. The first-order chi connectivity index (χ1) is 14.1. The largest absolute Gasteiger partial charge is 0.322 e. The van der Waals surface area contributed by atoms with E-state index in [2.05, 4.69) is 16.6 Å². The lowest BCUT2D eigenvalue weighted by atomic mass is 10.1. The monoisotopic (exact) mass is 412 g/mol. The number of quaternary nitrogens is 2. The number of piperazine rings is 1. The summed E-state index contributed by atoms with van der Waals surface area (Å²) in [5.74, 6) is -0.0432. The van der Waals surface area contributed by atoms with Gasteiger partial charge in [-0.3, -0.25) is 4.79 Å². The van der Waals surface area contributed by atoms with Gasteiger partial charge >= 0.3 is 0 Å². The third-order valence-corrected chi connectivity index (χ3v) is 5.49. The summed E-state index contributed by atoms with van der Waals surface area (Å²) in [7, 11) is 0. The molecule has 1 fully saturated rings. The molecule has 0 aliphatic carbocycles. The van der Waals surface area contributed by atoms with Crippen molar-refractivity contribution in [1.29, 1.82) is 0 Å². The van der Waals surface area contributed by atoms with Crippen LogP contribution in [-0.4, -0.2) is 44.8 Å². The van der Waals surface area contributed by atoms with Gasteiger partial charge in [-0.2, -0.15) is 5.10 Å². The van der Waals surface area contributed by atoms with Crippen molar-refractivity contribution in [2.24, 2.45) is 5.10 Å². The summed E-state index contributed by atoms with van der Waals surface area (Å²) in [5.41, 5.74) is 5.94. The van der Waals surface area contributed by atoms with Crippen molar-refractivity contribution >= 4 is 29.8 Å². The number of allylic oxidation sites excluding steroid dienone is 1. The van der Waals surface area contributed by atoms with Gasteiger partial charge in [-0.25, -0.2) is 5.43 Å². The standard InChI is InChI=1S/C23H27ClN4O/c1-19(15-20-7-3-2-4-8-20)16-25-26-23(29)18-28-13-11-27(12-14-28)17-21-9-5-6-10-22(21)24/h2-10,15-16H,11-14,17-18H2,1H3,(H,26,29)/p+2. The molecule has 0 unspecified atom stereocenters. The van der Waals surface area contributed by atoms with Gasteiger partial charge in [0.25, 0.3) is 5.91 Å². The van der Waals surface area contributed by atoms with E-state index >= 15 is 0 Å². The van der Waals surface area contributed by atoms with Crippen LogP contribution in [0.5, 0.6) is 0 Å². The summed E-state index contributed by atoms with van der Waals surface area (Å²) in [5, 5.41) is 4.92. The molecule has 1 amide bonds. The molecule has 0 spiro atoms. The Hall–Kier alpha value is -2.47. The second-order valence-electron chi connectivity index (χ2n) is 7.54. The Morgan fingerprint density at radius 1 is 1.03 bits per heavy atom. The lowest BCUT2D eigenvalue weighted by molar-refractivity contribution is -1.02. The van der Waals surface area contributed by atoms with E-state index in [9.17, 15) is 4.79 Å². The van der Waals surface area contributed by atoms with Crippen LogP contribution in [0.3, 0.4) is 0 Å². The van der Waals surface area contributed by atoms with Crippen molar-refractivity contribution in [3.63, 3.8) is 0 Å². The minimum Gasteiger partial charge on any atom is -0.322 e. The van der Waals surface area contributed by atoms with Gasteiger partial charge in [0, 0.05) is 10.6 Å². The Morgan fingerprint density at radius 2 is 1.69 bits per heavy atom. The van der Waals surface area contributed by atoms with Crippen molar-refractivity contribution in [2.75, 3.05) is 32.7 Å². The third kappa shape index (κ3) is 7.13. The van der Waals surface area contributed by atoms with Crippen LogP contribution in [0.2, 0.25) is 5.02 Å². The Balaban J connectivity index is 1.38. The lowest BCUT2D eigenvalue weighted by Gasteiger charge is -2.29. The van der Waals surface area contributed by atoms with Crippen molar-refractivity contribution in [1.82, 2.24) is 5.43 Å². The molecule has 2 aromatic carbocycles. The van der Waals surface area contributed by atoms with Gasteiger partial charge in [-0.1, -0.05) is 66.2 Å². The van der Waals surface area contributed by atoms with Gasteiger partial charge in [-0.15, -0.1) is 0 Å². The zero-order valence-corrected chi connectivity index (χ0v) is 17.6. The number of hydrogen-bond acceptors (Lipinski definition) is 2. The van der Waals surface area contributed by atoms with Crippen LogP contribution in [0, 0.1) is 0 Å². The Labute approximate surface area is 177 Å². The van der Waals surface area contributed by atoms with E-state index in [1.54, 1.807) is 6.21 Å². The SMILES string of the molecule is CC(C=NNC(=O)C[NH+]1CC[NH+](Cc2ccccc2Cl)CC1)=Cc1ccccc1. The van der Waals surface area contributed by atoms with Gasteiger partial charge in [0.15, 0.2) is 6.54 Å². The average molecular weight is 413 g/mol. The maximum absolute atomic E-state index is 12.2. The Kier molecular flexibility index (Phi) is 7.99. The molecule has 152 valence electrons. The van der Waals surface area contributed by atoms with Crippen molar-refractivity contribution < 1.29 is 14.6 Å². The van der Waals surface area contributed by atoms with Crippen molar-refractivity contribution in [2.45, 2.75) is 13.5 Å². The fraction of sp³-hybridized carbons (Fsp3) is 0.304. The first kappa shape index (κ1) is 21.2. The molecule has 0 atom stereocenters. The lowest BCUT2D eigenvalue weighted by Crippen LogP contribution is -3.28. The Bertz CT molecular complexity index is 858. The summed E-state index contributed by atoms with van der Waals surface area (Å²) in [6.45, 7) is 7.39. The molecule has 2 aromatic rings. The average Bonchev–Trinajstić information content (AvgIpc) is 2.72. The highest BCUT2D eigenvalue weighted by molar-refractivity contribution is 6.31. The summed E-state index contributed by atoms with van der Waals surface area (Å²) >= 11 is 6.27. The third-order valence-electron chi connectivity index (χ3n) is 5.12. The van der Waals surface area contributed by atoms with E-state index in [4.69, 9.17) is 11.6 Å². The van der Waals surface area contributed by atoms with Crippen LogP contribution in [0.1, 0.15) is 18.1 Å². The molecule has 0 aromatic heterocycles. The molecule has 6 heteroatoms. The van der Waals surface area contributed by atoms with Crippen LogP contribution in [-0.2, 0) is 11.3 Å². The maximum Gasteiger partial charge on any atom is 0.295 e. The van der Waals surface area contributed by atoms with E-state index < -0.39 is 0 Å². The number of benzene rings is 2. The second-order valence-corrected chi connectivity index (χ2v) is 7.94. The fourth-order valence-electron chi connectivity index (χ4n) is 3.54. The number of nitrogens with zero attached hydrogens (tertiary/aromatic N) is 1. The smallest absolute Gasteiger partial charge is 0.295 e. The summed E-state index contributed by atoms with van der Waals surface area (Å²) < 4.78 is 0. The van der Waals surface area contributed by atoms with Gasteiger partial charge in [0.05, 0.1) is 6.21 Å². The summed E-state index contributed by atoms with van der Waals surface area (Å²) in [6, 6.07) is 18.1. The number of nitrogens with one attached hydrogen (secondary N) is 3. The van der Waals surface area contributed by atoms with Crippen LogP contribution >= 0.6 is 11.6 Å². The highest BCUT2D eigenvalue weighted by Gasteiger charge is 2.25. The summed E-state index contributed by atoms with van der Waals surface area (Å²) in [4.78, 5) is 15.0. The minimum absolute atomic E-state index is 0.0432. The predicted molar refractivity (Wildman–Crippen MR) is 118 cm³/mol. The normalized spacial score (nSPS) is 20.0. The number of hydrogen-bond donors (Lipinski definition) is 3. The molecule has 0 radical (unpaired) electrons. The van der Waals surface area contributed by atoms with E-state index in [1.807, 2.05) is 61.5 Å². The number of rotatable bonds is 7. The quantitative estimate of drug-likeness (QED) is 0.458. The molecule has 3 rings (SSSR count). The van der Waals surface area contributed by atoms with Gasteiger partial charge in [-0.05, 0) is 24.1 Å². The predicted octanol–water partition coefficient (Wildman–Crippen LogP) is 0.829. The van der Waals surface area contributed by atoms with Crippen LogP contribution in [0.4, 0.5) is 0 Å². The maximum atomic E-state index is 12.2. The molecule has 3 N–H and O–H groups in total. The van der Waals surface area contributed by atoms with E-state index in [0.717, 1.165) is 48.9 Å². The summed E-state index contributed by atoms with van der Waals surface area (Å²) in [6.07, 6.45) is 3.72. The van der Waals surface area contributed by atoms with Gasteiger partial charge in [0.1, 0.15) is 32.7 Å². The van der Waals surface area contributed by atoms with Gasteiger partial charge in [0.2, 0.25) is 0 Å². The molecule has 0 bridgehead atoms. The minimum atomic E-state index is -0.0432. The first-order valence-electron chi connectivity index (χ1n) is 10.1. The fourth-order valence-corrected chi connectivity index (χ4v) is 3.75. The number of halogens is 1. The number of carbonyl (C=O) groups is 1.